The van der Waals surface area contributed by atoms with Crippen molar-refractivity contribution in [3.63, 3.8) is 0 Å². The van der Waals surface area contributed by atoms with Crippen molar-refractivity contribution in [3.05, 3.63) is 29.8 Å². The normalized spacial score (nSPS) is 23.2. The Labute approximate surface area is 172 Å². The van der Waals surface area contributed by atoms with E-state index < -0.39 is 0 Å². The molecule has 1 aliphatic rings. The molecule has 0 aliphatic carbocycles. The molecule has 0 spiro atoms. The van der Waals surface area contributed by atoms with Crippen LogP contribution in [0.15, 0.2) is 29.3 Å². The maximum absolute atomic E-state index is 6.07. The lowest BCUT2D eigenvalue weighted by Gasteiger charge is -2.43. The van der Waals surface area contributed by atoms with E-state index in [2.05, 4.69) is 39.8 Å². The van der Waals surface area contributed by atoms with Crippen molar-refractivity contribution in [1.29, 1.82) is 0 Å². The van der Waals surface area contributed by atoms with Gasteiger partial charge in [-0.3, -0.25) is 4.99 Å². The summed E-state index contributed by atoms with van der Waals surface area (Å²) in [6, 6.07) is 8.21. The predicted octanol–water partition coefficient (Wildman–Crippen LogP) is 6.54. The third-order valence-electron chi connectivity index (χ3n) is 5.86. The van der Waals surface area contributed by atoms with Crippen molar-refractivity contribution in [2.45, 2.75) is 85.9 Å². The van der Waals surface area contributed by atoms with Gasteiger partial charge in [0.15, 0.2) is 0 Å². The van der Waals surface area contributed by atoms with E-state index in [9.17, 15) is 0 Å². The lowest BCUT2D eigenvalue weighted by atomic mass is 9.69. The van der Waals surface area contributed by atoms with Gasteiger partial charge in [-0.1, -0.05) is 34.1 Å². The Hall–Kier alpha value is -1.35. The smallest absolute Gasteiger partial charge is 0.119 e. The van der Waals surface area contributed by atoms with Gasteiger partial charge in [-0.25, -0.2) is 0 Å². The van der Waals surface area contributed by atoms with Gasteiger partial charge >= 0.3 is 0 Å². The molecule has 2 atom stereocenters. The van der Waals surface area contributed by atoms with Crippen LogP contribution in [0.5, 0.6) is 5.75 Å². The minimum Gasteiger partial charge on any atom is -0.491 e. The summed E-state index contributed by atoms with van der Waals surface area (Å²) in [5.41, 5.74) is 1.53. The Bertz CT molecular complexity index is 591. The van der Waals surface area contributed by atoms with Crippen LogP contribution in [0.4, 0.5) is 0 Å². The third kappa shape index (κ3) is 7.58. The fourth-order valence-corrected chi connectivity index (χ4v) is 3.99. The third-order valence-corrected chi connectivity index (χ3v) is 5.86. The first kappa shape index (κ1) is 22.9. The molecular weight excluding hydrogens is 346 g/mol. The number of aliphatic imine (C=N–C) groups is 1. The molecule has 0 saturated carbocycles. The average Bonchev–Trinajstić information content (AvgIpc) is 2.65. The molecular formula is C25H41NO2. The first-order valence-corrected chi connectivity index (χ1v) is 11.2. The fourth-order valence-electron chi connectivity index (χ4n) is 3.99. The summed E-state index contributed by atoms with van der Waals surface area (Å²) in [4.78, 5) is 4.76. The zero-order chi connectivity index (χ0) is 20.6. The molecule has 1 saturated heterocycles. The lowest BCUT2D eigenvalue weighted by molar-refractivity contribution is -0.0755. The number of rotatable bonds is 10. The van der Waals surface area contributed by atoms with Crippen LogP contribution in [-0.2, 0) is 4.74 Å². The van der Waals surface area contributed by atoms with E-state index in [1.165, 1.54) is 25.7 Å². The summed E-state index contributed by atoms with van der Waals surface area (Å²) in [5.74, 6) is 2.27. The van der Waals surface area contributed by atoms with Gasteiger partial charge in [0.1, 0.15) is 5.75 Å². The largest absolute Gasteiger partial charge is 0.491 e. The highest BCUT2D eigenvalue weighted by Gasteiger charge is 2.37. The fraction of sp³-hybridized carbons (Fsp3) is 0.720. The van der Waals surface area contributed by atoms with Crippen LogP contribution in [0.3, 0.4) is 0 Å². The van der Waals surface area contributed by atoms with Crippen molar-refractivity contribution >= 4 is 6.21 Å². The molecule has 0 radical (unpaired) electrons. The highest BCUT2D eigenvalue weighted by molar-refractivity contribution is 5.79. The standard InChI is InChI=1S/C25H41NO2/c1-19(2)11-12-25(14-16-27-24(17-25)20(3)4)13-15-26-18-22-7-9-23(10-8-22)28-21(5)6/h7-10,18-21,24H,11-17H2,1-6H3/t24-,25+/m0/s1. The van der Waals surface area contributed by atoms with Crippen molar-refractivity contribution < 1.29 is 9.47 Å². The average molecular weight is 388 g/mol. The maximum atomic E-state index is 6.07. The van der Waals surface area contributed by atoms with Crippen molar-refractivity contribution in [3.8, 4) is 5.75 Å². The van der Waals surface area contributed by atoms with Gasteiger partial charge in [0.05, 0.1) is 12.2 Å². The van der Waals surface area contributed by atoms with Crippen molar-refractivity contribution in [1.82, 2.24) is 0 Å². The molecule has 1 aliphatic heterocycles. The van der Waals surface area contributed by atoms with Gasteiger partial charge in [0, 0.05) is 19.4 Å². The van der Waals surface area contributed by atoms with E-state index in [0.717, 1.165) is 36.8 Å². The zero-order valence-corrected chi connectivity index (χ0v) is 18.9. The Kier molecular flexibility index (Phi) is 9.01. The monoisotopic (exact) mass is 387 g/mol. The molecule has 1 aromatic carbocycles. The van der Waals surface area contributed by atoms with Gasteiger partial charge in [-0.2, -0.15) is 0 Å². The van der Waals surface area contributed by atoms with Gasteiger partial charge in [0.25, 0.3) is 0 Å². The Morgan fingerprint density at radius 1 is 1.11 bits per heavy atom. The SMILES string of the molecule is CC(C)CC[C@@]1(CCN=Cc2ccc(OC(C)C)cc2)CCO[C@H](C(C)C)C1. The quantitative estimate of drug-likeness (QED) is 0.427. The summed E-state index contributed by atoms with van der Waals surface area (Å²) < 4.78 is 11.8. The van der Waals surface area contributed by atoms with E-state index in [0.29, 0.717) is 17.4 Å². The first-order valence-electron chi connectivity index (χ1n) is 11.2. The Balaban J connectivity index is 1.94. The molecule has 1 heterocycles. The van der Waals surface area contributed by atoms with Crippen LogP contribution in [0.25, 0.3) is 0 Å². The molecule has 28 heavy (non-hydrogen) atoms. The topological polar surface area (TPSA) is 30.8 Å². The van der Waals surface area contributed by atoms with Crippen LogP contribution in [0.2, 0.25) is 0 Å². The van der Waals surface area contributed by atoms with E-state index in [1.807, 2.05) is 32.2 Å². The number of benzene rings is 1. The highest BCUT2D eigenvalue weighted by Crippen LogP contribution is 2.43. The number of hydrogen-bond acceptors (Lipinski definition) is 3. The second-order valence-electron chi connectivity index (χ2n) is 9.56. The summed E-state index contributed by atoms with van der Waals surface area (Å²) in [5, 5.41) is 0. The Morgan fingerprint density at radius 2 is 1.82 bits per heavy atom. The molecule has 1 fully saturated rings. The number of hydrogen-bond donors (Lipinski definition) is 0. The Morgan fingerprint density at radius 3 is 2.43 bits per heavy atom. The molecule has 1 aromatic rings. The molecule has 0 unspecified atom stereocenters. The van der Waals surface area contributed by atoms with Crippen LogP contribution < -0.4 is 4.74 Å². The van der Waals surface area contributed by atoms with Crippen molar-refractivity contribution in [2.24, 2.45) is 22.2 Å². The zero-order valence-electron chi connectivity index (χ0n) is 18.9. The molecule has 0 N–H and O–H groups in total. The maximum Gasteiger partial charge on any atom is 0.119 e. The minimum absolute atomic E-state index is 0.204. The highest BCUT2D eigenvalue weighted by atomic mass is 16.5. The van der Waals surface area contributed by atoms with E-state index >= 15 is 0 Å². The van der Waals surface area contributed by atoms with E-state index in [1.54, 1.807) is 0 Å². The van der Waals surface area contributed by atoms with Gasteiger partial charge < -0.3 is 9.47 Å². The van der Waals surface area contributed by atoms with Crippen LogP contribution in [-0.4, -0.2) is 31.6 Å². The molecule has 0 bridgehead atoms. The predicted molar refractivity (Wildman–Crippen MR) is 120 cm³/mol. The molecule has 3 nitrogen and oxygen atoms in total. The van der Waals surface area contributed by atoms with Crippen molar-refractivity contribution in [2.75, 3.05) is 13.2 Å². The first-order chi connectivity index (χ1) is 13.3. The second-order valence-corrected chi connectivity index (χ2v) is 9.56. The van der Waals surface area contributed by atoms with Gasteiger partial charge in [-0.15, -0.1) is 0 Å². The molecule has 158 valence electrons. The van der Waals surface area contributed by atoms with Gasteiger partial charge in [-0.05, 0) is 86.6 Å². The summed E-state index contributed by atoms with van der Waals surface area (Å²) >= 11 is 0. The lowest BCUT2D eigenvalue weighted by Crippen LogP contribution is -2.38. The molecule has 2 rings (SSSR count). The number of nitrogens with zero attached hydrogens (tertiary/aromatic N) is 1. The molecule has 0 amide bonds. The summed E-state index contributed by atoms with van der Waals surface area (Å²) in [6.07, 6.45) is 8.74. The summed E-state index contributed by atoms with van der Waals surface area (Å²) in [6.45, 7) is 15.1. The van der Waals surface area contributed by atoms with Crippen LogP contribution in [0, 0.1) is 17.3 Å². The van der Waals surface area contributed by atoms with E-state index in [-0.39, 0.29) is 6.10 Å². The van der Waals surface area contributed by atoms with Gasteiger partial charge in [0.2, 0.25) is 0 Å². The van der Waals surface area contributed by atoms with Crippen LogP contribution in [0.1, 0.15) is 79.2 Å². The van der Waals surface area contributed by atoms with E-state index in [4.69, 9.17) is 14.5 Å². The molecule has 3 heteroatoms. The second kappa shape index (κ2) is 11.0. The summed E-state index contributed by atoms with van der Waals surface area (Å²) in [7, 11) is 0. The van der Waals surface area contributed by atoms with Crippen LogP contribution >= 0.6 is 0 Å². The minimum atomic E-state index is 0.204. The molecule has 0 aromatic heterocycles. The number of ether oxygens (including phenoxy) is 2.